The maximum Gasteiger partial charge on any atom is 0.348 e. The molecule has 0 bridgehead atoms. The normalized spacial score (nSPS) is 19.1. The molecule has 2 heterocycles. The first-order valence-electron chi connectivity index (χ1n) is 11.2. The predicted molar refractivity (Wildman–Crippen MR) is 124 cm³/mol. The van der Waals surface area contributed by atoms with E-state index in [4.69, 9.17) is 14.2 Å². The summed E-state index contributed by atoms with van der Waals surface area (Å²) in [7, 11) is -2.29. The number of ether oxygens (including phenoxy) is 3. The molecule has 1 atom stereocenters. The average Bonchev–Trinajstić information content (AvgIpc) is 2.86. The predicted octanol–water partition coefficient (Wildman–Crippen LogP) is 2.45. The highest BCUT2D eigenvalue weighted by Crippen LogP contribution is 2.33. The molecule has 2 aliphatic heterocycles. The number of hydrogen-bond donors (Lipinski definition) is 0. The van der Waals surface area contributed by atoms with Crippen molar-refractivity contribution >= 4 is 27.6 Å². The van der Waals surface area contributed by atoms with Crippen molar-refractivity contribution in [3.8, 4) is 11.5 Å². The van der Waals surface area contributed by atoms with Gasteiger partial charge in [0, 0.05) is 13.1 Å². The van der Waals surface area contributed by atoms with E-state index in [1.807, 2.05) is 0 Å². The molecule has 1 fully saturated rings. The number of rotatable bonds is 6. The van der Waals surface area contributed by atoms with Crippen molar-refractivity contribution in [2.24, 2.45) is 5.92 Å². The molecule has 1 saturated heterocycles. The van der Waals surface area contributed by atoms with Crippen molar-refractivity contribution in [1.29, 1.82) is 0 Å². The molecule has 0 N–H and O–H groups in total. The van der Waals surface area contributed by atoms with Gasteiger partial charge in [0.25, 0.3) is 5.91 Å². The largest absolute Gasteiger partial charge is 0.484 e. The summed E-state index contributed by atoms with van der Waals surface area (Å²) in [6.07, 6.45) is 0.764. The fourth-order valence-corrected chi connectivity index (χ4v) is 5.50. The van der Waals surface area contributed by atoms with Crippen molar-refractivity contribution in [2.45, 2.75) is 30.8 Å². The molecule has 34 heavy (non-hydrogen) atoms. The van der Waals surface area contributed by atoms with E-state index in [0.29, 0.717) is 36.2 Å². The van der Waals surface area contributed by atoms with Gasteiger partial charge in [0.2, 0.25) is 16.1 Å². The van der Waals surface area contributed by atoms with Crippen molar-refractivity contribution in [2.75, 3.05) is 38.3 Å². The SMILES string of the molecule is COC(=O)[C@@H]1CN(C(=O)COc2ccc(S(=O)(=O)N3CCC(C)CC3)cc2)c2ccccc2O1. The summed E-state index contributed by atoms with van der Waals surface area (Å²) in [6, 6.07) is 13.0. The number of sulfonamides is 1. The van der Waals surface area contributed by atoms with Crippen LogP contribution >= 0.6 is 0 Å². The lowest BCUT2D eigenvalue weighted by Gasteiger charge is -2.33. The first-order chi connectivity index (χ1) is 16.3. The Morgan fingerprint density at radius 1 is 1.06 bits per heavy atom. The summed E-state index contributed by atoms with van der Waals surface area (Å²) < 4.78 is 43.3. The van der Waals surface area contributed by atoms with Crippen LogP contribution in [0.5, 0.6) is 11.5 Å². The van der Waals surface area contributed by atoms with Gasteiger partial charge in [0.05, 0.1) is 24.2 Å². The summed E-state index contributed by atoms with van der Waals surface area (Å²) in [6.45, 7) is 2.87. The molecule has 2 aliphatic rings. The highest BCUT2D eigenvalue weighted by molar-refractivity contribution is 7.89. The molecule has 2 aromatic rings. The highest BCUT2D eigenvalue weighted by atomic mass is 32.2. The van der Waals surface area contributed by atoms with Crippen LogP contribution in [-0.2, 0) is 24.3 Å². The van der Waals surface area contributed by atoms with Crippen molar-refractivity contribution in [3.63, 3.8) is 0 Å². The number of carbonyl (C=O) groups is 2. The van der Waals surface area contributed by atoms with Gasteiger partial charge in [-0.15, -0.1) is 0 Å². The fraction of sp³-hybridized carbons (Fsp3) is 0.417. The summed E-state index contributed by atoms with van der Waals surface area (Å²) >= 11 is 0. The van der Waals surface area contributed by atoms with Crippen molar-refractivity contribution in [1.82, 2.24) is 4.31 Å². The van der Waals surface area contributed by atoms with Crippen molar-refractivity contribution in [3.05, 3.63) is 48.5 Å². The van der Waals surface area contributed by atoms with Gasteiger partial charge in [-0.1, -0.05) is 19.1 Å². The zero-order chi connectivity index (χ0) is 24.3. The van der Waals surface area contributed by atoms with E-state index in [1.54, 1.807) is 24.3 Å². The standard InChI is InChI=1S/C24H28N2O7S/c1-17-11-13-25(14-12-17)34(29,30)19-9-7-18(8-10-19)32-16-23(27)26-15-22(24(28)31-2)33-21-6-4-3-5-20(21)26/h3-10,17,22H,11-16H2,1-2H3/t22-/m0/s1. The summed E-state index contributed by atoms with van der Waals surface area (Å²) in [4.78, 5) is 26.6. The maximum absolute atomic E-state index is 12.9. The topological polar surface area (TPSA) is 102 Å². The smallest absolute Gasteiger partial charge is 0.348 e. The van der Waals surface area contributed by atoms with Crippen LogP contribution in [0.2, 0.25) is 0 Å². The van der Waals surface area contributed by atoms with Crippen LogP contribution in [0.1, 0.15) is 19.8 Å². The quantitative estimate of drug-likeness (QED) is 0.576. The van der Waals surface area contributed by atoms with Crippen LogP contribution in [0.15, 0.2) is 53.4 Å². The third-order valence-electron chi connectivity index (χ3n) is 6.11. The third kappa shape index (κ3) is 5.02. The van der Waals surface area contributed by atoms with Gasteiger partial charge in [-0.05, 0) is 55.2 Å². The first kappa shape index (κ1) is 24.0. The van der Waals surface area contributed by atoms with Gasteiger partial charge in [0.1, 0.15) is 11.5 Å². The number of fused-ring (bicyclic) bond motifs is 1. The number of para-hydroxylation sites is 2. The van der Waals surface area contributed by atoms with E-state index in [2.05, 4.69) is 6.92 Å². The zero-order valence-electron chi connectivity index (χ0n) is 19.2. The van der Waals surface area contributed by atoms with E-state index in [-0.39, 0.29) is 24.0 Å². The molecule has 0 aliphatic carbocycles. The van der Waals surface area contributed by atoms with Gasteiger partial charge < -0.3 is 19.1 Å². The Kier molecular flexibility index (Phi) is 7.08. The maximum atomic E-state index is 12.9. The van der Waals surface area contributed by atoms with E-state index in [0.717, 1.165) is 12.8 Å². The number of esters is 1. The Morgan fingerprint density at radius 3 is 2.41 bits per heavy atom. The minimum atomic E-state index is -3.56. The summed E-state index contributed by atoms with van der Waals surface area (Å²) in [5, 5.41) is 0. The molecule has 0 radical (unpaired) electrons. The first-order valence-corrected chi connectivity index (χ1v) is 12.6. The number of piperidine rings is 1. The Balaban J connectivity index is 1.41. The molecular formula is C24H28N2O7S. The average molecular weight is 489 g/mol. The number of amides is 1. The molecular weight excluding hydrogens is 460 g/mol. The van der Waals surface area contributed by atoms with Gasteiger partial charge in [-0.2, -0.15) is 4.31 Å². The third-order valence-corrected chi connectivity index (χ3v) is 8.02. The molecule has 0 saturated carbocycles. The van der Waals surface area contributed by atoms with Gasteiger partial charge in [-0.3, -0.25) is 4.79 Å². The number of methoxy groups -OCH3 is 1. The Morgan fingerprint density at radius 2 is 1.74 bits per heavy atom. The van der Waals surface area contributed by atoms with Crippen LogP contribution in [-0.4, -0.2) is 64.1 Å². The lowest BCUT2D eigenvalue weighted by atomic mass is 10.0. The van der Waals surface area contributed by atoms with Crippen LogP contribution < -0.4 is 14.4 Å². The molecule has 4 rings (SSSR count). The molecule has 0 unspecified atom stereocenters. The minimum Gasteiger partial charge on any atom is -0.484 e. The number of carbonyl (C=O) groups excluding carboxylic acids is 2. The molecule has 10 heteroatoms. The van der Waals surface area contributed by atoms with Crippen molar-refractivity contribution < 1.29 is 32.2 Å². The van der Waals surface area contributed by atoms with E-state index < -0.39 is 22.1 Å². The lowest BCUT2D eigenvalue weighted by Crippen LogP contribution is -2.48. The van der Waals surface area contributed by atoms with Gasteiger partial charge >= 0.3 is 5.97 Å². The summed E-state index contributed by atoms with van der Waals surface area (Å²) in [5.41, 5.74) is 0.536. The van der Waals surface area contributed by atoms with E-state index in [9.17, 15) is 18.0 Å². The molecule has 1 amide bonds. The molecule has 9 nitrogen and oxygen atoms in total. The van der Waals surface area contributed by atoms with E-state index in [1.165, 1.54) is 40.6 Å². The monoisotopic (exact) mass is 488 g/mol. The lowest BCUT2D eigenvalue weighted by molar-refractivity contribution is -0.148. The highest BCUT2D eigenvalue weighted by Gasteiger charge is 2.34. The Bertz CT molecular complexity index is 1140. The summed E-state index contributed by atoms with van der Waals surface area (Å²) in [5.74, 6) is 0.350. The molecule has 0 aromatic heterocycles. The number of benzene rings is 2. The fourth-order valence-electron chi connectivity index (χ4n) is 4.03. The Hall–Kier alpha value is -3.11. The Labute approximate surface area is 199 Å². The minimum absolute atomic E-state index is 0.00247. The molecule has 182 valence electrons. The molecule has 0 spiro atoms. The number of nitrogens with zero attached hydrogens (tertiary/aromatic N) is 2. The van der Waals surface area contributed by atoms with Crippen LogP contribution in [0, 0.1) is 5.92 Å². The van der Waals surface area contributed by atoms with Gasteiger partial charge in [-0.25, -0.2) is 13.2 Å². The second-order valence-electron chi connectivity index (χ2n) is 8.45. The zero-order valence-corrected chi connectivity index (χ0v) is 20.0. The number of hydrogen-bond acceptors (Lipinski definition) is 7. The second kappa shape index (κ2) is 10.0. The molecule has 2 aromatic carbocycles. The second-order valence-corrected chi connectivity index (χ2v) is 10.4. The van der Waals surface area contributed by atoms with Crippen LogP contribution in [0.4, 0.5) is 5.69 Å². The van der Waals surface area contributed by atoms with Gasteiger partial charge in [0.15, 0.2) is 6.61 Å². The number of anilines is 1. The van der Waals surface area contributed by atoms with Crippen LogP contribution in [0.25, 0.3) is 0 Å². The van der Waals surface area contributed by atoms with E-state index >= 15 is 0 Å². The van der Waals surface area contributed by atoms with Crippen LogP contribution in [0.3, 0.4) is 0 Å².